The van der Waals surface area contributed by atoms with Crippen LogP contribution in [0.25, 0.3) is 22.0 Å². The summed E-state index contributed by atoms with van der Waals surface area (Å²) < 4.78 is 1.78. The first-order valence-electron chi connectivity index (χ1n) is 8.48. The van der Waals surface area contributed by atoms with Crippen molar-refractivity contribution in [2.75, 3.05) is 0 Å². The lowest BCUT2D eigenvalue weighted by Gasteiger charge is -2.04. The van der Waals surface area contributed by atoms with Crippen molar-refractivity contribution in [2.45, 2.75) is 12.8 Å². The second-order valence-electron chi connectivity index (χ2n) is 6.39. The predicted molar refractivity (Wildman–Crippen MR) is 101 cm³/mol. The molecule has 0 N–H and O–H groups in total. The minimum atomic E-state index is 0.133. The molecule has 0 unspecified atom stereocenters. The number of aromatic nitrogens is 4. The molecule has 0 saturated carbocycles. The summed E-state index contributed by atoms with van der Waals surface area (Å²) in [5.74, 6) is 0.133. The Morgan fingerprint density at radius 3 is 2.58 bits per heavy atom. The summed E-state index contributed by atoms with van der Waals surface area (Å²) >= 11 is 0. The normalized spacial score (nSPS) is 11.0. The first kappa shape index (κ1) is 16.1. The van der Waals surface area contributed by atoms with Gasteiger partial charge in [-0.25, -0.2) is 0 Å². The molecule has 5 nitrogen and oxygen atoms in total. The molecule has 0 aliphatic carbocycles. The highest BCUT2D eigenvalue weighted by atomic mass is 16.1. The van der Waals surface area contributed by atoms with Gasteiger partial charge in [-0.1, -0.05) is 36.4 Å². The highest BCUT2D eigenvalue weighted by Gasteiger charge is 2.09. The molecule has 0 spiro atoms. The Labute approximate surface area is 151 Å². The van der Waals surface area contributed by atoms with Crippen LogP contribution in [0, 0.1) is 0 Å². The van der Waals surface area contributed by atoms with Crippen LogP contribution in [-0.2, 0) is 24.7 Å². The molecule has 4 rings (SSSR count). The fourth-order valence-corrected chi connectivity index (χ4v) is 3.01. The molecule has 2 heterocycles. The van der Waals surface area contributed by atoms with Gasteiger partial charge in [0, 0.05) is 30.6 Å². The lowest BCUT2D eigenvalue weighted by Crippen LogP contribution is -2.08. The third-order valence-corrected chi connectivity index (χ3v) is 4.30. The average molecular weight is 342 g/mol. The summed E-state index contributed by atoms with van der Waals surface area (Å²) in [4.78, 5) is 12.3. The fraction of sp³-hybridized carbons (Fsp3) is 0.143. The van der Waals surface area contributed by atoms with Crippen LogP contribution in [0.1, 0.15) is 11.3 Å². The Morgan fingerprint density at radius 1 is 0.962 bits per heavy atom. The molecular formula is C21H18N4O. The number of fused-ring (bicyclic) bond motifs is 1. The van der Waals surface area contributed by atoms with Crippen LogP contribution in [0.4, 0.5) is 0 Å². The Balaban J connectivity index is 1.57. The van der Waals surface area contributed by atoms with Gasteiger partial charge in [0.1, 0.15) is 5.78 Å². The van der Waals surface area contributed by atoms with E-state index in [2.05, 4.69) is 21.4 Å². The van der Waals surface area contributed by atoms with E-state index in [-0.39, 0.29) is 12.2 Å². The van der Waals surface area contributed by atoms with E-state index in [0.29, 0.717) is 12.1 Å². The lowest BCUT2D eigenvalue weighted by molar-refractivity contribution is -0.117. The van der Waals surface area contributed by atoms with Gasteiger partial charge in [0.15, 0.2) is 0 Å². The van der Waals surface area contributed by atoms with Gasteiger partial charge in [-0.3, -0.25) is 9.48 Å². The Hall–Kier alpha value is -3.34. The van der Waals surface area contributed by atoms with Crippen molar-refractivity contribution in [2.24, 2.45) is 7.05 Å². The molecule has 2 aromatic heterocycles. The summed E-state index contributed by atoms with van der Waals surface area (Å²) in [7, 11) is 1.90. The predicted octanol–water partition coefficient (Wildman–Crippen LogP) is 3.38. The molecule has 0 radical (unpaired) electrons. The summed E-state index contributed by atoms with van der Waals surface area (Å²) in [5.41, 5.74) is 4.65. The van der Waals surface area contributed by atoms with Gasteiger partial charge in [-0.2, -0.15) is 15.3 Å². The summed E-state index contributed by atoms with van der Waals surface area (Å²) in [5, 5.41) is 13.7. The topological polar surface area (TPSA) is 60.7 Å². The van der Waals surface area contributed by atoms with Crippen molar-refractivity contribution in [3.8, 4) is 11.1 Å². The van der Waals surface area contributed by atoms with Gasteiger partial charge >= 0.3 is 0 Å². The molecule has 5 heteroatoms. The Bertz CT molecular complexity index is 1070. The van der Waals surface area contributed by atoms with Gasteiger partial charge in [0.25, 0.3) is 0 Å². The highest BCUT2D eigenvalue weighted by Crippen LogP contribution is 2.23. The number of hydrogen-bond acceptors (Lipinski definition) is 4. The van der Waals surface area contributed by atoms with E-state index in [0.717, 1.165) is 27.6 Å². The molecule has 2 aromatic carbocycles. The average Bonchev–Trinajstić information content (AvgIpc) is 3.08. The minimum absolute atomic E-state index is 0.133. The van der Waals surface area contributed by atoms with E-state index in [4.69, 9.17) is 0 Å². The molecule has 0 saturated heterocycles. The Morgan fingerprint density at radius 2 is 1.81 bits per heavy atom. The SMILES string of the molecule is Cn1cc(-c2ccc3nnc(CC(=O)Cc4ccccc4)cc3c2)cn1. The maximum atomic E-state index is 12.3. The molecule has 0 aliphatic heterocycles. The van der Waals surface area contributed by atoms with Crippen molar-refractivity contribution in [1.29, 1.82) is 0 Å². The largest absolute Gasteiger partial charge is 0.299 e. The van der Waals surface area contributed by atoms with E-state index in [1.807, 2.05) is 68.0 Å². The van der Waals surface area contributed by atoms with E-state index < -0.39 is 0 Å². The first-order chi connectivity index (χ1) is 12.7. The molecule has 0 amide bonds. The Kier molecular flexibility index (Phi) is 4.27. The maximum Gasteiger partial charge on any atom is 0.143 e. The third kappa shape index (κ3) is 3.52. The van der Waals surface area contributed by atoms with Crippen LogP contribution in [0.15, 0.2) is 67.0 Å². The number of aryl methyl sites for hydroxylation is 1. The van der Waals surface area contributed by atoms with Crippen LogP contribution in [-0.4, -0.2) is 25.8 Å². The van der Waals surface area contributed by atoms with E-state index >= 15 is 0 Å². The van der Waals surface area contributed by atoms with Crippen molar-refractivity contribution >= 4 is 16.7 Å². The molecule has 4 aromatic rings. The number of Topliss-reactive ketones (excluding diaryl/α,β-unsaturated/α-hetero) is 1. The standard InChI is InChI=1S/C21H18N4O/c1-25-14-18(13-22-25)16-7-8-21-17(10-16)11-19(23-24-21)12-20(26)9-15-5-3-2-4-6-15/h2-8,10-11,13-14H,9,12H2,1H3. The molecule has 0 bridgehead atoms. The summed E-state index contributed by atoms with van der Waals surface area (Å²) in [6, 6.07) is 17.7. The second kappa shape index (κ2) is 6.88. The van der Waals surface area contributed by atoms with Crippen LogP contribution in [0.2, 0.25) is 0 Å². The van der Waals surface area contributed by atoms with Crippen LogP contribution in [0.5, 0.6) is 0 Å². The minimum Gasteiger partial charge on any atom is -0.299 e. The molecule has 0 fully saturated rings. The molecule has 0 aliphatic rings. The van der Waals surface area contributed by atoms with Crippen molar-refractivity contribution in [3.63, 3.8) is 0 Å². The summed E-state index contributed by atoms with van der Waals surface area (Å²) in [6.07, 6.45) is 4.51. The van der Waals surface area contributed by atoms with Gasteiger partial charge in [0.05, 0.1) is 23.8 Å². The van der Waals surface area contributed by atoms with Gasteiger partial charge in [0.2, 0.25) is 0 Å². The molecule has 0 atom stereocenters. The van der Waals surface area contributed by atoms with Gasteiger partial charge < -0.3 is 0 Å². The number of nitrogens with zero attached hydrogens (tertiary/aromatic N) is 4. The first-order valence-corrected chi connectivity index (χ1v) is 8.48. The van der Waals surface area contributed by atoms with Crippen molar-refractivity contribution < 1.29 is 4.79 Å². The number of rotatable bonds is 5. The summed E-state index contributed by atoms with van der Waals surface area (Å²) in [6.45, 7) is 0. The smallest absolute Gasteiger partial charge is 0.143 e. The zero-order valence-electron chi connectivity index (χ0n) is 14.5. The number of carbonyl (C=O) groups excluding carboxylic acids is 1. The molecule has 128 valence electrons. The zero-order chi connectivity index (χ0) is 17.9. The van der Waals surface area contributed by atoms with Crippen LogP contribution in [0.3, 0.4) is 0 Å². The molecular weight excluding hydrogens is 324 g/mol. The van der Waals surface area contributed by atoms with E-state index in [1.54, 1.807) is 4.68 Å². The van der Waals surface area contributed by atoms with Crippen molar-refractivity contribution in [1.82, 2.24) is 20.0 Å². The number of hydrogen-bond donors (Lipinski definition) is 0. The van der Waals surface area contributed by atoms with Crippen LogP contribution >= 0.6 is 0 Å². The zero-order valence-corrected chi connectivity index (χ0v) is 14.5. The number of ketones is 1. The quantitative estimate of drug-likeness (QED) is 0.558. The third-order valence-electron chi connectivity index (χ3n) is 4.30. The van der Waals surface area contributed by atoms with Crippen LogP contribution < -0.4 is 0 Å². The van der Waals surface area contributed by atoms with E-state index in [1.165, 1.54) is 0 Å². The van der Waals surface area contributed by atoms with Gasteiger partial charge in [-0.15, -0.1) is 0 Å². The number of benzene rings is 2. The van der Waals surface area contributed by atoms with E-state index in [9.17, 15) is 4.79 Å². The number of carbonyl (C=O) groups is 1. The molecule has 26 heavy (non-hydrogen) atoms. The highest BCUT2D eigenvalue weighted by molar-refractivity contribution is 5.86. The second-order valence-corrected chi connectivity index (χ2v) is 6.39. The fourth-order valence-electron chi connectivity index (χ4n) is 3.01. The van der Waals surface area contributed by atoms with Gasteiger partial charge in [-0.05, 0) is 29.3 Å². The maximum absolute atomic E-state index is 12.3. The monoisotopic (exact) mass is 342 g/mol. The lowest BCUT2D eigenvalue weighted by atomic mass is 10.0. The van der Waals surface area contributed by atoms with Crippen molar-refractivity contribution in [3.05, 3.63) is 78.2 Å².